The summed E-state index contributed by atoms with van der Waals surface area (Å²) in [4.78, 5) is 1.32. The molecule has 0 bridgehead atoms. The van der Waals surface area contributed by atoms with E-state index in [-0.39, 0.29) is 0 Å². The highest BCUT2D eigenvalue weighted by atomic mass is 32.2. The van der Waals surface area contributed by atoms with Gasteiger partial charge >= 0.3 is 0 Å². The standard InChI is InChI=1S/C17H24N2S/c1-12-9-13(2)17(14(3)10-12)20-19-16(11-18)15-7-5-4-6-8-15/h4-7,9-10,15-16,19H,8,11,18H2,1-3H3. The molecular weight excluding hydrogens is 264 g/mol. The molecule has 0 aromatic heterocycles. The van der Waals surface area contributed by atoms with Gasteiger partial charge in [-0.25, -0.2) is 0 Å². The Morgan fingerprint density at radius 2 is 1.95 bits per heavy atom. The molecule has 1 aromatic rings. The fraction of sp³-hybridized carbons (Fsp3) is 0.412. The third-order valence-electron chi connectivity index (χ3n) is 3.70. The first kappa shape index (κ1) is 15.4. The van der Waals surface area contributed by atoms with Crippen LogP contribution in [0.5, 0.6) is 0 Å². The van der Waals surface area contributed by atoms with E-state index < -0.39 is 0 Å². The smallest absolute Gasteiger partial charge is 0.0363 e. The first-order chi connectivity index (χ1) is 9.61. The second-order valence-electron chi connectivity index (χ2n) is 5.50. The number of hydrogen-bond acceptors (Lipinski definition) is 3. The van der Waals surface area contributed by atoms with Crippen molar-refractivity contribution >= 4 is 11.9 Å². The highest BCUT2D eigenvalue weighted by Gasteiger charge is 2.18. The summed E-state index contributed by atoms with van der Waals surface area (Å²) < 4.78 is 3.56. The molecule has 2 nitrogen and oxygen atoms in total. The van der Waals surface area contributed by atoms with Crippen molar-refractivity contribution in [2.24, 2.45) is 11.7 Å². The molecule has 0 heterocycles. The third-order valence-corrected chi connectivity index (χ3v) is 4.97. The van der Waals surface area contributed by atoms with E-state index in [2.05, 4.69) is 61.9 Å². The number of benzene rings is 1. The van der Waals surface area contributed by atoms with Gasteiger partial charge in [-0.05, 0) is 56.2 Å². The second-order valence-corrected chi connectivity index (χ2v) is 6.35. The van der Waals surface area contributed by atoms with Crippen molar-refractivity contribution in [2.45, 2.75) is 38.1 Å². The molecule has 1 aliphatic carbocycles. The fourth-order valence-corrected chi connectivity index (χ4v) is 3.65. The molecule has 0 fully saturated rings. The van der Waals surface area contributed by atoms with Crippen LogP contribution in [0, 0.1) is 26.7 Å². The molecule has 0 aliphatic heterocycles. The van der Waals surface area contributed by atoms with Crippen molar-refractivity contribution in [2.75, 3.05) is 6.54 Å². The lowest BCUT2D eigenvalue weighted by molar-refractivity contribution is 0.484. The maximum atomic E-state index is 5.93. The molecule has 1 aromatic carbocycles. The predicted molar refractivity (Wildman–Crippen MR) is 88.9 cm³/mol. The molecule has 108 valence electrons. The zero-order chi connectivity index (χ0) is 14.5. The normalized spacial score (nSPS) is 19.3. The number of hydrogen-bond donors (Lipinski definition) is 2. The molecule has 3 heteroatoms. The van der Waals surface area contributed by atoms with E-state index >= 15 is 0 Å². The van der Waals surface area contributed by atoms with E-state index in [1.807, 2.05) is 0 Å². The van der Waals surface area contributed by atoms with Crippen LogP contribution in [-0.2, 0) is 0 Å². The van der Waals surface area contributed by atoms with E-state index in [1.165, 1.54) is 21.6 Å². The Labute approximate surface area is 126 Å². The van der Waals surface area contributed by atoms with Gasteiger partial charge in [0.2, 0.25) is 0 Å². The summed E-state index contributed by atoms with van der Waals surface area (Å²) in [7, 11) is 0. The van der Waals surface area contributed by atoms with Crippen LogP contribution in [0.15, 0.2) is 41.3 Å². The van der Waals surface area contributed by atoms with Gasteiger partial charge in [-0.2, -0.15) is 0 Å². The van der Waals surface area contributed by atoms with Crippen LogP contribution in [0.4, 0.5) is 0 Å². The molecule has 0 spiro atoms. The van der Waals surface area contributed by atoms with E-state index in [0.29, 0.717) is 18.5 Å². The molecule has 2 rings (SSSR count). The summed E-state index contributed by atoms with van der Waals surface area (Å²) in [6, 6.07) is 4.77. The Morgan fingerprint density at radius 1 is 1.25 bits per heavy atom. The largest absolute Gasteiger partial charge is 0.329 e. The average Bonchev–Trinajstić information content (AvgIpc) is 2.43. The number of allylic oxidation sites excluding steroid dienone is 3. The van der Waals surface area contributed by atoms with Crippen LogP contribution in [0.3, 0.4) is 0 Å². The molecule has 0 amide bonds. The van der Waals surface area contributed by atoms with Crippen molar-refractivity contribution in [3.63, 3.8) is 0 Å². The Morgan fingerprint density at radius 3 is 2.50 bits per heavy atom. The van der Waals surface area contributed by atoms with Gasteiger partial charge in [0, 0.05) is 17.5 Å². The van der Waals surface area contributed by atoms with Crippen LogP contribution in [0.25, 0.3) is 0 Å². The van der Waals surface area contributed by atoms with E-state index in [1.54, 1.807) is 11.9 Å². The highest BCUT2D eigenvalue weighted by molar-refractivity contribution is 7.97. The van der Waals surface area contributed by atoms with Crippen LogP contribution in [0.1, 0.15) is 23.1 Å². The maximum absolute atomic E-state index is 5.93. The summed E-state index contributed by atoms with van der Waals surface area (Å²) in [5.41, 5.74) is 9.91. The van der Waals surface area contributed by atoms with Crippen molar-refractivity contribution in [3.8, 4) is 0 Å². The first-order valence-electron chi connectivity index (χ1n) is 7.15. The Balaban J connectivity index is 2.03. The minimum atomic E-state index is 0.307. The van der Waals surface area contributed by atoms with E-state index in [4.69, 9.17) is 5.73 Å². The molecule has 0 radical (unpaired) electrons. The van der Waals surface area contributed by atoms with Crippen LogP contribution >= 0.6 is 11.9 Å². The van der Waals surface area contributed by atoms with Crippen molar-refractivity contribution in [3.05, 3.63) is 53.1 Å². The Kier molecular flexibility index (Phi) is 5.46. The quantitative estimate of drug-likeness (QED) is 0.812. The van der Waals surface area contributed by atoms with Crippen LogP contribution in [0.2, 0.25) is 0 Å². The molecule has 20 heavy (non-hydrogen) atoms. The van der Waals surface area contributed by atoms with Crippen LogP contribution < -0.4 is 10.5 Å². The number of rotatable bonds is 5. The molecule has 3 N–H and O–H groups in total. The maximum Gasteiger partial charge on any atom is 0.0363 e. The molecular formula is C17H24N2S. The van der Waals surface area contributed by atoms with Gasteiger partial charge in [-0.3, -0.25) is 4.72 Å². The summed E-state index contributed by atoms with van der Waals surface area (Å²) >= 11 is 1.72. The summed E-state index contributed by atoms with van der Waals surface area (Å²) in [6.07, 6.45) is 9.75. The first-order valence-corrected chi connectivity index (χ1v) is 7.97. The number of aryl methyl sites for hydroxylation is 3. The van der Waals surface area contributed by atoms with Gasteiger partial charge in [0.15, 0.2) is 0 Å². The van der Waals surface area contributed by atoms with Gasteiger partial charge in [0.25, 0.3) is 0 Å². The number of nitrogens with two attached hydrogens (primary N) is 1. The Bertz CT molecular complexity index is 497. The lowest BCUT2D eigenvalue weighted by Crippen LogP contribution is -2.38. The SMILES string of the molecule is Cc1cc(C)c(SNC(CN)C2C=CC=CC2)c(C)c1. The summed E-state index contributed by atoms with van der Waals surface area (Å²) in [6.45, 7) is 7.14. The van der Waals surface area contributed by atoms with Crippen molar-refractivity contribution in [1.82, 2.24) is 4.72 Å². The fourth-order valence-electron chi connectivity index (χ4n) is 2.67. The molecule has 0 saturated heterocycles. The molecule has 0 saturated carbocycles. The van der Waals surface area contributed by atoms with Gasteiger partial charge in [-0.1, -0.05) is 42.0 Å². The molecule has 2 unspecified atom stereocenters. The van der Waals surface area contributed by atoms with Gasteiger partial charge in [0.1, 0.15) is 0 Å². The van der Waals surface area contributed by atoms with Crippen LogP contribution in [-0.4, -0.2) is 12.6 Å². The molecule has 1 aliphatic rings. The zero-order valence-electron chi connectivity index (χ0n) is 12.5. The van der Waals surface area contributed by atoms with Gasteiger partial charge < -0.3 is 5.73 Å². The second kappa shape index (κ2) is 7.11. The zero-order valence-corrected chi connectivity index (χ0v) is 13.3. The lowest BCUT2D eigenvalue weighted by atomic mass is 9.93. The minimum absolute atomic E-state index is 0.307. The average molecular weight is 288 g/mol. The van der Waals surface area contributed by atoms with Crippen molar-refractivity contribution < 1.29 is 0 Å². The van der Waals surface area contributed by atoms with Gasteiger partial charge in [-0.15, -0.1) is 0 Å². The van der Waals surface area contributed by atoms with E-state index in [9.17, 15) is 0 Å². The highest BCUT2D eigenvalue weighted by Crippen LogP contribution is 2.27. The monoisotopic (exact) mass is 288 g/mol. The summed E-state index contributed by atoms with van der Waals surface area (Å²) in [5.74, 6) is 0.489. The predicted octanol–water partition coefficient (Wildman–Crippen LogP) is 3.67. The third kappa shape index (κ3) is 3.75. The summed E-state index contributed by atoms with van der Waals surface area (Å²) in [5, 5.41) is 0. The Hall–Kier alpha value is -1.03. The van der Waals surface area contributed by atoms with Gasteiger partial charge in [0.05, 0.1) is 0 Å². The molecule has 2 atom stereocenters. The number of nitrogens with one attached hydrogen (secondary N) is 1. The minimum Gasteiger partial charge on any atom is -0.329 e. The van der Waals surface area contributed by atoms with Crippen molar-refractivity contribution in [1.29, 1.82) is 0 Å². The lowest BCUT2D eigenvalue weighted by Gasteiger charge is -2.25. The topological polar surface area (TPSA) is 38.0 Å². The van der Waals surface area contributed by atoms with E-state index in [0.717, 1.165) is 6.42 Å².